The summed E-state index contributed by atoms with van der Waals surface area (Å²) in [7, 11) is 0. The first kappa shape index (κ1) is 13.5. The van der Waals surface area contributed by atoms with E-state index in [-0.39, 0.29) is 5.75 Å². The van der Waals surface area contributed by atoms with Crippen molar-refractivity contribution in [2.75, 3.05) is 5.73 Å². The first-order valence-corrected chi connectivity index (χ1v) is 6.78. The van der Waals surface area contributed by atoms with E-state index < -0.39 is 0 Å². The van der Waals surface area contributed by atoms with Gasteiger partial charge in [0.15, 0.2) is 0 Å². The number of anilines is 1. The zero-order valence-corrected chi connectivity index (χ0v) is 11.3. The Morgan fingerprint density at radius 2 is 1.84 bits per heavy atom. The average Bonchev–Trinajstić information content (AvgIpc) is 2.38. The molecule has 0 aliphatic rings. The molecule has 2 rings (SSSR count). The second kappa shape index (κ2) is 6.28. The molecule has 0 aromatic heterocycles. The van der Waals surface area contributed by atoms with Crippen molar-refractivity contribution in [1.82, 2.24) is 0 Å². The highest BCUT2D eigenvalue weighted by Crippen LogP contribution is 2.27. The molecule has 0 fully saturated rings. The maximum atomic E-state index is 9.57. The number of rotatable bonds is 5. The van der Waals surface area contributed by atoms with Crippen molar-refractivity contribution in [3.63, 3.8) is 0 Å². The Morgan fingerprint density at radius 3 is 2.53 bits per heavy atom. The van der Waals surface area contributed by atoms with E-state index in [1.54, 1.807) is 6.07 Å². The van der Waals surface area contributed by atoms with Crippen LogP contribution in [0.25, 0.3) is 0 Å². The smallest absolute Gasteiger partial charge is 0.117 e. The van der Waals surface area contributed by atoms with Crippen LogP contribution in [0.4, 0.5) is 5.69 Å². The summed E-state index contributed by atoms with van der Waals surface area (Å²) in [6, 6.07) is 15.9. The predicted molar refractivity (Wildman–Crippen MR) is 80.3 cm³/mol. The number of nitrogens with two attached hydrogens (primary N) is 1. The Kier molecular flexibility index (Phi) is 4.45. The van der Waals surface area contributed by atoms with Gasteiger partial charge >= 0.3 is 0 Å². The third-order valence-corrected chi connectivity index (χ3v) is 3.48. The van der Waals surface area contributed by atoms with Crippen molar-refractivity contribution in [3.05, 3.63) is 59.7 Å². The molecule has 2 nitrogen and oxygen atoms in total. The molecule has 100 valence electrons. The van der Waals surface area contributed by atoms with Gasteiger partial charge < -0.3 is 10.8 Å². The summed E-state index contributed by atoms with van der Waals surface area (Å²) in [5.74, 6) is 0.669. The highest BCUT2D eigenvalue weighted by molar-refractivity contribution is 5.47. The van der Waals surface area contributed by atoms with E-state index in [1.165, 1.54) is 5.56 Å². The van der Waals surface area contributed by atoms with E-state index >= 15 is 0 Å². The quantitative estimate of drug-likeness (QED) is 0.790. The van der Waals surface area contributed by atoms with Gasteiger partial charge in [-0.1, -0.05) is 37.3 Å². The molecule has 0 heterocycles. The van der Waals surface area contributed by atoms with Crippen LogP contribution >= 0.6 is 0 Å². The minimum absolute atomic E-state index is 0.255. The normalized spacial score (nSPS) is 12.3. The Bertz CT molecular complexity index is 502. The van der Waals surface area contributed by atoms with E-state index in [2.05, 4.69) is 31.2 Å². The molecule has 0 aliphatic heterocycles. The van der Waals surface area contributed by atoms with Crippen LogP contribution in [0, 0.1) is 0 Å². The molecule has 0 bridgehead atoms. The third kappa shape index (κ3) is 4.02. The predicted octanol–water partition coefficient (Wildman–Crippen LogP) is 4.10. The van der Waals surface area contributed by atoms with Gasteiger partial charge in [0, 0.05) is 11.8 Å². The van der Waals surface area contributed by atoms with E-state index in [0.29, 0.717) is 11.6 Å². The van der Waals surface area contributed by atoms with Gasteiger partial charge in [-0.3, -0.25) is 0 Å². The van der Waals surface area contributed by atoms with E-state index in [1.807, 2.05) is 18.2 Å². The van der Waals surface area contributed by atoms with Crippen molar-refractivity contribution in [3.8, 4) is 5.75 Å². The average molecular weight is 255 g/mol. The van der Waals surface area contributed by atoms with Crippen LogP contribution < -0.4 is 5.73 Å². The topological polar surface area (TPSA) is 46.2 Å². The lowest BCUT2D eigenvalue weighted by molar-refractivity contribution is 0.473. The van der Waals surface area contributed by atoms with Crippen LogP contribution in [0.5, 0.6) is 5.75 Å². The Morgan fingerprint density at radius 1 is 1.11 bits per heavy atom. The molecule has 3 N–H and O–H groups in total. The summed E-state index contributed by atoms with van der Waals surface area (Å²) >= 11 is 0. The maximum Gasteiger partial charge on any atom is 0.117 e. The lowest BCUT2D eigenvalue weighted by Gasteiger charge is -2.13. The number of benzene rings is 2. The van der Waals surface area contributed by atoms with Crippen LogP contribution in [0.3, 0.4) is 0 Å². The van der Waals surface area contributed by atoms with Gasteiger partial charge in [0.1, 0.15) is 5.75 Å². The van der Waals surface area contributed by atoms with Crippen molar-refractivity contribution < 1.29 is 5.11 Å². The Hall–Kier alpha value is -1.96. The number of nitrogen functional groups attached to an aromatic ring is 1. The van der Waals surface area contributed by atoms with Gasteiger partial charge in [0.05, 0.1) is 0 Å². The summed E-state index contributed by atoms with van der Waals surface area (Å²) in [6.07, 6.45) is 3.33. The molecule has 0 radical (unpaired) electrons. The highest BCUT2D eigenvalue weighted by Gasteiger charge is 2.07. The van der Waals surface area contributed by atoms with Crippen LogP contribution in [-0.2, 0) is 6.42 Å². The second-order valence-electron chi connectivity index (χ2n) is 5.14. The number of aromatic hydroxyl groups is 1. The fourth-order valence-electron chi connectivity index (χ4n) is 2.37. The summed E-state index contributed by atoms with van der Waals surface area (Å²) in [5, 5.41) is 9.57. The molecule has 0 aliphatic carbocycles. The van der Waals surface area contributed by atoms with E-state index in [4.69, 9.17) is 5.73 Å². The van der Waals surface area contributed by atoms with Crippen LogP contribution in [0.15, 0.2) is 48.5 Å². The summed E-state index contributed by atoms with van der Waals surface area (Å²) in [6.45, 7) is 2.18. The molecule has 0 saturated carbocycles. The summed E-state index contributed by atoms with van der Waals surface area (Å²) < 4.78 is 0. The molecule has 1 atom stereocenters. The molecule has 0 spiro atoms. The fourth-order valence-corrected chi connectivity index (χ4v) is 2.37. The standard InChI is InChI=1S/C17H21NO/c1-13(15-10-16(18)12-17(19)11-15)6-5-9-14-7-3-2-4-8-14/h2-4,7-8,10-13,19H,5-6,9,18H2,1H3. The lowest BCUT2D eigenvalue weighted by atomic mass is 9.94. The molecule has 1 unspecified atom stereocenters. The minimum Gasteiger partial charge on any atom is -0.508 e. The van der Waals surface area contributed by atoms with Gasteiger partial charge in [-0.25, -0.2) is 0 Å². The maximum absolute atomic E-state index is 9.57. The van der Waals surface area contributed by atoms with Crippen molar-refractivity contribution in [2.45, 2.75) is 32.1 Å². The number of hydrogen-bond acceptors (Lipinski definition) is 2. The molecule has 0 amide bonds. The molecule has 19 heavy (non-hydrogen) atoms. The van der Waals surface area contributed by atoms with Crippen molar-refractivity contribution in [2.24, 2.45) is 0 Å². The number of phenols is 1. The third-order valence-electron chi connectivity index (χ3n) is 3.48. The Labute approximate surface area is 114 Å². The van der Waals surface area contributed by atoms with E-state index in [0.717, 1.165) is 24.8 Å². The molecule has 0 saturated heterocycles. The highest BCUT2D eigenvalue weighted by atomic mass is 16.3. The minimum atomic E-state index is 0.255. The number of hydrogen-bond donors (Lipinski definition) is 2. The molecule has 2 heteroatoms. The van der Waals surface area contributed by atoms with E-state index in [9.17, 15) is 5.11 Å². The SMILES string of the molecule is CC(CCCc1ccccc1)c1cc(N)cc(O)c1. The van der Waals surface area contributed by atoms with Crippen LogP contribution in [0.2, 0.25) is 0 Å². The monoisotopic (exact) mass is 255 g/mol. The first-order chi connectivity index (χ1) is 9.15. The van der Waals surface area contributed by atoms with Gasteiger partial charge in [-0.15, -0.1) is 0 Å². The second-order valence-corrected chi connectivity index (χ2v) is 5.14. The molecular formula is C17H21NO. The fraction of sp³-hybridized carbons (Fsp3) is 0.294. The first-order valence-electron chi connectivity index (χ1n) is 6.78. The van der Waals surface area contributed by atoms with Gasteiger partial charge in [0.2, 0.25) is 0 Å². The molecular weight excluding hydrogens is 234 g/mol. The van der Waals surface area contributed by atoms with Crippen molar-refractivity contribution >= 4 is 5.69 Å². The number of phenolic OH excluding ortho intramolecular Hbond substituents is 1. The van der Waals surface area contributed by atoms with Crippen LogP contribution in [0.1, 0.15) is 36.8 Å². The zero-order valence-electron chi connectivity index (χ0n) is 11.3. The molecule has 2 aromatic rings. The van der Waals surface area contributed by atoms with Crippen molar-refractivity contribution in [1.29, 1.82) is 0 Å². The van der Waals surface area contributed by atoms with Gasteiger partial charge in [0.25, 0.3) is 0 Å². The molecule has 2 aromatic carbocycles. The number of aryl methyl sites for hydroxylation is 1. The van der Waals surface area contributed by atoms with Crippen LogP contribution in [-0.4, -0.2) is 5.11 Å². The lowest BCUT2D eigenvalue weighted by Crippen LogP contribution is -1.97. The van der Waals surface area contributed by atoms with Gasteiger partial charge in [-0.05, 0) is 48.4 Å². The summed E-state index contributed by atoms with van der Waals surface area (Å²) in [5.41, 5.74) is 8.88. The summed E-state index contributed by atoms with van der Waals surface area (Å²) in [4.78, 5) is 0. The zero-order chi connectivity index (χ0) is 13.7. The largest absolute Gasteiger partial charge is 0.508 e. The van der Waals surface area contributed by atoms with Gasteiger partial charge in [-0.2, -0.15) is 0 Å². The Balaban J connectivity index is 1.89.